The van der Waals surface area contributed by atoms with Gasteiger partial charge < -0.3 is 10.1 Å². The van der Waals surface area contributed by atoms with Crippen LogP contribution in [-0.2, 0) is 18.3 Å². The summed E-state index contributed by atoms with van der Waals surface area (Å²) in [4.78, 5) is 11.7. The molecule has 1 fully saturated rings. The molecule has 1 aromatic heterocycles. The Hall–Kier alpha value is -1.36. The molecule has 0 spiro atoms. The smallest absolute Gasteiger partial charge is 0.341 e. The largest absolute Gasteiger partial charge is 0.462 e. The number of nitrogens with one attached hydrogen (secondary N) is 1. The number of hydrogen-bond donors (Lipinski definition) is 1. The molecule has 2 rings (SSSR count). The van der Waals surface area contributed by atoms with E-state index >= 15 is 0 Å². The van der Waals surface area contributed by atoms with Gasteiger partial charge in [-0.1, -0.05) is 6.92 Å². The van der Waals surface area contributed by atoms with E-state index in [9.17, 15) is 4.79 Å². The van der Waals surface area contributed by atoms with Crippen LogP contribution in [0.3, 0.4) is 0 Å². The lowest BCUT2D eigenvalue weighted by molar-refractivity contribution is 0.0524. The van der Waals surface area contributed by atoms with Crippen LogP contribution in [0.15, 0.2) is 6.20 Å². The maximum atomic E-state index is 11.7. The summed E-state index contributed by atoms with van der Waals surface area (Å²) >= 11 is 0. The first-order valence-electron chi connectivity index (χ1n) is 6.44. The second-order valence-corrected chi connectivity index (χ2v) is 5.26. The summed E-state index contributed by atoms with van der Waals surface area (Å²) in [6.45, 7) is 6.11. The molecule has 1 aromatic rings. The highest BCUT2D eigenvalue weighted by molar-refractivity contribution is 5.90. The van der Waals surface area contributed by atoms with Gasteiger partial charge in [-0.2, -0.15) is 5.10 Å². The van der Waals surface area contributed by atoms with Gasteiger partial charge in [-0.25, -0.2) is 4.79 Å². The van der Waals surface area contributed by atoms with E-state index in [1.54, 1.807) is 17.8 Å². The lowest BCUT2D eigenvalue weighted by atomic mass is 10.1. The number of rotatable bonds is 6. The third-order valence-electron chi connectivity index (χ3n) is 3.50. The number of aromatic nitrogens is 2. The van der Waals surface area contributed by atoms with Gasteiger partial charge >= 0.3 is 5.97 Å². The molecule has 1 heterocycles. The standard InChI is InChI=1S/C13H21N3O2/c1-4-18-12(17)10-7-15-16(3)11(10)8-14-9-13(2)5-6-13/h7,14H,4-6,8-9H2,1-3H3. The van der Waals surface area contributed by atoms with Crippen LogP contribution in [0.5, 0.6) is 0 Å². The Bertz CT molecular complexity index is 435. The van der Waals surface area contributed by atoms with E-state index in [0.29, 0.717) is 24.1 Å². The molecule has 5 nitrogen and oxygen atoms in total. The summed E-state index contributed by atoms with van der Waals surface area (Å²) in [6, 6.07) is 0. The Morgan fingerprint density at radius 2 is 2.33 bits per heavy atom. The second kappa shape index (κ2) is 5.10. The molecule has 1 N–H and O–H groups in total. The molecule has 1 aliphatic rings. The Morgan fingerprint density at radius 1 is 1.61 bits per heavy atom. The summed E-state index contributed by atoms with van der Waals surface area (Å²) in [5.74, 6) is -0.292. The van der Waals surface area contributed by atoms with Crippen molar-refractivity contribution in [3.8, 4) is 0 Å². The summed E-state index contributed by atoms with van der Waals surface area (Å²) in [5.41, 5.74) is 1.91. The highest BCUT2D eigenvalue weighted by Gasteiger charge is 2.36. The first-order chi connectivity index (χ1) is 8.56. The summed E-state index contributed by atoms with van der Waals surface area (Å²) < 4.78 is 6.75. The van der Waals surface area contributed by atoms with E-state index < -0.39 is 0 Å². The van der Waals surface area contributed by atoms with Crippen LogP contribution in [0.25, 0.3) is 0 Å². The lowest BCUT2D eigenvalue weighted by Crippen LogP contribution is -2.24. The molecule has 1 aliphatic carbocycles. The van der Waals surface area contributed by atoms with Gasteiger partial charge in [0, 0.05) is 20.1 Å². The average molecular weight is 251 g/mol. The fourth-order valence-electron chi connectivity index (χ4n) is 1.92. The molecule has 0 aliphatic heterocycles. The van der Waals surface area contributed by atoms with Crippen LogP contribution in [0.1, 0.15) is 42.7 Å². The van der Waals surface area contributed by atoms with Gasteiger partial charge in [0.05, 0.1) is 18.5 Å². The number of esters is 1. The molecule has 0 unspecified atom stereocenters. The Morgan fingerprint density at radius 3 is 2.94 bits per heavy atom. The topological polar surface area (TPSA) is 56.1 Å². The molecule has 100 valence electrons. The zero-order chi connectivity index (χ0) is 13.2. The highest BCUT2D eigenvalue weighted by Crippen LogP contribution is 2.44. The Labute approximate surface area is 108 Å². The van der Waals surface area contributed by atoms with Crippen LogP contribution in [-0.4, -0.2) is 28.9 Å². The molecule has 0 bridgehead atoms. The average Bonchev–Trinajstić information content (AvgIpc) is 2.94. The van der Waals surface area contributed by atoms with Crippen LogP contribution in [0.4, 0.5) is 0 Å². The molecule has 5 heteroatoms. The predicted molar refractivity (Wildman–Crippen MR) is 68.2 cm³/mol. The molecule has 0 radical (unpaired) electrons. The van der Waals surface area contributed by atoms with Crippen molar-refractivity contribution in [2.75, 3.05) is 13.2 Å². The van der Waals surface area contributed by atoms with Crippen molar-refractivity contribution in [3.63, 3.8) is 0 Å². The van der Waals surface area contributed by atoms with E-state index in [0.717, 1.165) is 12.2 Å². The van der Waals surface area contributed by atoms with Crippen LogP contribution >= 0.6 is 0 Å². The fraction of sp³-hybridized carbons (Fsp3) is 0.692. The highest BCUT2D eigenvalue weighted by atomic mass is 16.5. The molecule has 0 amide bonds. The third kappa shape index (κ3) is 2.90. The van der Waals surface area contributed by atoms with E-state index in [4.69, 9.17) is 4.74 Å². The first-order valence-corrected chi connectivity index (χ1v) is 6.44. The first kappa shape index (κ1) is 13.1. The van der Waals surface area contributed by atoms with Crippen molar-refractivity contribution < 1.29 is 9.53 Å². The molecule has 1 saturated carbocycles. The molecular formula is C13H21N3O2. The number of aryl methyl sites for hydroxylation is 1. The molecule has 18 heavy (non-hydrogen) atoms. The second-order valence-electron chi connectivity index (χ2n) is 5.26. The van der Waals surface area contributed by atoms with Gasteiger partial charge in [0.2, 0.25) is 0 Å². The molecule has 0 saturated heterocycles. The fourth-order valence-corrected chi connectivity index (χ4v) is 1.92. The SMILES string of the molecule is CCOC(=O)c1cnn(C)c1CNCC1(C)CC1. The summed E-state index contributed by atoms with van der Waals surface area (Å²) in [7, 11) is 1.85. The monoisotopic (exact) mass is 251 g/mol. The van der Waals surface area contributed by atoms with E-state index in [2.05, 4.69) is 17.3 Å². The van der Waals surface area contributed by atoms with Gasteiger partial charge in [0.25, 0.3) is 0 Å². The molecular weight excluding hydrogens is 230 g/mol. The molecule has 0 aromatic carbocycles. The number of hydrogen-bond acceptors (Lipinski definition) is 4. The van der Waals surface area contributed by atoms with Gasteiger partial charge in [0.15, 0.2) is 0 Å². The maximum absolute atomic E-state index is 11.7. The normalized spacial score (nSPS) is 16.6. The Kier molecular flexibility index (Phi) is 3.71. The van der Waals surface area contributed by atoms with Crippen molar-refractivity contribution in [1.29, 1.82) is 0 Å². The Balaban J connectivity index is 1.97. The van der Waals surface area contributed by atoms with Crippen molar-refractivity contribution >= 4 is 5.97 Å². The third-order valence-corrected chi connectivity index (χ3v) is 3.50. The minimum Gasteiger partial charge on any atom is -0.462 e. The van der Waals surface area contributed by atoms with Crippen molar-refractivity contribution in [1.82, 2.24) is 15.1 Å². The van der Waals surface area contributed by atoms with Crippen molar-refractivity contribution in [3.05, 3.63) is 17.5 Å². The van der Waals surface area contributed by atoms with Gasteiger partial charge in [-0.15, -0.1) is 0 Å². The zero-order valence-corrected chi connectivity index (χ0v) is 11.3. The van der Waals surface area contributed by atoms with Crippen LogP contribution < -0.4 is 5.32 Å². The van der Waals surface area contributed by atoms with Crippen molar-refractivity contribution in [2.45, 2.75) is 33.2 Å². The summed E-state index contributed by atoms with van der Waals surface area (Å²) in [6.07, 6.45) is 4.15. The minimum atomic E-state index is -0.292. The number of ether oxygens (including phenoxy) is 1. The van der Waals surface area contributed by atoms with Gasteiger partial charge in [-0.3, -0.25) is 4.68 Å². The predicted octanol–water partition coefficient (Wildman–Crippen LogP) is 1.49. The lowest BCUT2D eigenvalue weighted by Gasteiger charge is -2.11. The van der Waals surface area contributed by atoms with Gasteiger partial charge in [-0.05, 0) is 25.2 Å². The van der Waals surface area contributed by atoms with E-state index in [-0.39, 0.29) is 5.97 Å². The molecule has 0 atom stereocenters. The maximum Gasteiger partial charge on any atom is 0.341 e. The van der Waals surface area contributed by atoms with Gasteiger partial charge in [0.1, 0.15) is 5.56 Å². The number of carbonyl (C=O) groups is 1. The minimum absolute atomic E-state index is 0.292. The summed E-state index contributed by atoms with van der Waals surface area (Å²) in [5, 5.41) is 7.53. The van der Waals surface area contributed by atoms with E-state index in [1.807, 2.05) is 7.05 Å². The quantitative estimate of drug-likeness (QED) is 0.778. The van der Waals surface area contributed by atoms with E-state index in [1.165, 1.54) is 12.8 Å². The van der Waals surface area contributed by atoms with Crippen LogP contribution in [0, 0.1) is 5.41 Å². The zero-order valence-electron chi connectivity index (χ0n) is 11.3. The van der Waals surface area contributed by atoms with Crippen molar-refractivity contribution in [2.24, 2.45) is 12.5 Å². The number of carbonyl (C=O) groups excluding carboxylic acids is 1. The number of nitrogens with zero attached hydrogens (tertiary/aromatic N) is 2. The van der Waals surface area contributed by atoms with Crippen LogP contribution in [0.2, 0.25) is 0 Å².